The number of nitrogens with zero attached hydrogens (tertiary/aromatic N) is 3. The first-order valence-corrected chi connectivity index (χ1v) is 8.36. The van der Waals surface area contributed by atoms with Gasteiger partial charge in [-0.05, 0) is 5.56 Å². The normalized spacial score (nSPS) is 16.3. The van der Waals surface area contributed by atoms with E-state index in [0.717, 1.165) is 58.3 Å². The molecule has 0 bridgehead atoms. The standard InChI is InChI=1S/C18H29N5.HI/c1-3-9-20-18(19-2)21-10-11-22-12-14-23(15-13-22)16-17-7-5-4-6-8-17;/h3-8H,1,9-16H2,2H3,(H2,19,20,21);1H. The summed E-state index contributed by atoms with van der Waals surface area (Å²) < 4.78 is 0. The molecule has 2 rings (SSSR count). The second kappa shape index (κ2) is 12.3. The largest absolute Gasteiger partial charge is 0.355 e. The average molecular weight is 443 g/mol. The van der Waals surface area contributed by atoms with Gasteiger partial charge < -0.3 is 10.6 Å². The van der Waals surface area contributed by atoms with Crippen LogP contribution in [0.3, 0.4) is 0 Å². The molecule has 24 heavy (non-hydrogen) atoms. The summed E-state index contributed by atoms with van der Waals surface area (Å²) in [6, 6.07) is 10.7. The van der Waals surface area contributed by atoms with Crippen molar-refractivity contribution in [3.8, 4) is 0 Å². The topological polar surface area (TPSA) is 42.9 Å². The van der Waals surface area contributed by atoms with Crippen LogP contribution in [-0.4, -0.2) is 68.6 Å². The van der Waals surface area contributed by atoms with E-state index in [0.29, 0.717) is 0 Å². The predicted molar refractivity (Wildman–Crippen MR) is 113 cm³/mol. The smallest absolute Gasteiger partial charge is 0.191 e. The van der Waals surface area contributed by atoms with Gasteiger partial charge in [0.2, 0.25) is 0 Å². The van der Waals surface area contributed by atoms with Crippen LogP contribution in [0.25, 0.3) is 0 Å². The van der Waals surface area contributed by atoms with E-state index in [1.165, 1.54) is 5.56 Å². The SMILES string of the molecule is C=CCNC(=NC)NCCN1CCN(Cc2ccccc2)CC1.I. The van der Waals surface area contributed by atoms with Crippen LogP contribution in [0.5, 0.6) is 0 Å². The van der Waals surface area contributed by atoms with Crippen LogP contribution in [0.15, 0.2) is 48.0 Å². The Bertz CT molecular complexity index is 483. The third kappa shape index (κ3) is 7.63. The Hall–Kier alpha value is -1.12. The highest BCUT2D eigenvalue weighted by molar-refractivity contribution is 14.0. The van der Waals surface area contributed by atoms with Gasteiger partial charge >= 0.3 is 0 Å². The number of rotatable bonds is 7. The van der Waals surface area contributed by atoms with Crippen molar-refractivity contribution in [3.63, 3.8) is 0 Å². The third-order valence-electron chi connectivity index (χ3n) is 4.07. The predicted octanol–water partition coefficient (Wildman–Crippen LogP) is 1.77. The first-order chi connectivity index (χ1) is 11.3. The Morgan fingerprint density at radius 3 is 2.42 bits per heavy atom. The average Bonchev–Trinajstić information content (AvgIpc) is 2.60. The highest BCUT2D eigenvalue weighted by atomic mass is 127. The van der Waals surface area contributed by atoms with E-state index in [9.17, 15) is 0 Å². The van der Waals surface area contributed by atoms with E-state index in [-0.39, 0.29) is 24.0 Å². The van der Waals surface area contributed by atoms with Gasteiger partial charge in [-0.1, -0.05) is 36.4 Å². The van der Waals surface area contributed by atoms with Crippen molar-refractivity contribution in [3.05, 3.63) is 48.6 Å². The molecule has 0 atom stereocenters. The molecular formula is C18H30IN5. The van der Waals surface area contributed by atoms with Crippen LogP contribution in [0.4, 0.5) is 0 Å². The van der Waals surface area contributed by atoms with Gasteiger partial charge in [0.15, 0.2) is 5.96 Å². The Labute approximate surface area is 163 Å². The monoisotopic (exact) mass is 443 g/mol. The van der Waals surface area contributed by atoms with Gasteiger partial charge in [0.05, 0.1) is 0 Å². The number of hydrogen-bond acceptors (Lipinski definition) is 3. The molecule has 6 heteroatoms. The quantitative estimate of drug-likeness (QED) is 0.292. The third-order valence-corrected chi connectivity index (χ3v) is 4.07. The molecule has 1 heterocycles. The van der Waals surface area contributed by atoms with Crippen molar-refractivity contribution < 1.29 is 0 Å². The molecule has 2 N–H and O–H groups in total. The zero-order valence-corrected chi connectivity index (χ0v) is 16.9. The lowest BCUT2D eigenvalue weighted by atomic mass is 10.2. The van der Waals surface area contributed by atoms with Gasteiger partial charge in [-0.25, -0.2) is 0 Å². The summed E-state index contributed by atoms with van der Waals surface area (Å²) in [6.45, 7) is 12.0. The maximum absolute atomic E-state index is 4.19. The molecule has 5 nitrogen and oxygen atoms in total. The lowest BCUT2D eigenvalue weighted by Crippen LogP contribution is -2.49. The van der Waals surface area contributed by atoms with Crippen LogP contribution < -0.4 is 10.6 Å². The molecule has 0 saturated carbocycles. The van der Waals surface area contributed by atoms with Gasteiger partial charge in [-0.3, -0.25) is 14.8 Å². The van der Waals surface area contributed by atoms with E-state index < -0.39 is 0 Å². The first-order valence-electron chi connectivity index (χ1n) is 8.36. The summed E-state index contributed by atoms with van der Waals surface area (Å²) in [7, 11) is 1.79. The summed E-state index contributed by atoms with van der Waals surface area (Å²) in [5.41, 5.74) is 1.40. The Kier molecular flexibility index (Phi) is 10.7. The molecule has 1 saturated heterocycles. The summed E-state index contributed by atoms with van der Waals surface area (Å²) in [5, 5.41) is 6.52. The maximum atomic E-state index is 4.19. The molecule has 1 aromatic carbocycles. The second-order valence-electron chi connectivity index (χ2n) is 5.77. The van der Waals surface area contributed by atoms with Gasteiger partial charge in [-0.15, -0.1) is 30.6 Å². The Morgan fingerprint density at radius 2 is 1.79 bits per heavy atom. The molecule has 0 radical (unpaired) electrons. The molecule has 0 amide bonds. The molecule has 0 aromatic heterocycles. The molecule has 1 aliphatic rings. The van der Waals surface area contributed by atoms with E-state index in [2.05, 4.69) is 62.3 Å². The molecule has 0 unspecified atom stereocenters. The minimum absolute atomic E-state index is 0. The van der Waals surface area contributed by atoms with Gasteiger partial charge in [0.25, 0.3) is 0 Å². The maximum Gasteiger partial charge on any atom is 0.191 e. The summed E-state index contributed by atoms with van der Waals surface area (Å²) >= 11 is 0. The number of guanidine groups is 1. The zero-order chi connectivity index (χ0) is 16.3. The number of hydrogen-bond donors (Lipinski definition) is 2. The minimum Gasteiger partial charge on any atom is -0.355 e. The van der Waals surface area contributed by atoms with E-state index >= 15 is 0 Å². The van der Waals surface area contributed by atoms with Crippen molar-refractivity contribution in [2.45, 2.75) is 6.54 Å². The minimum atomic E-state index is 0. The lowest BCUT2D eigenvalue weighted by molar-refractivity contribution is 0.129. The number of aliphatic imine (C=N–C) groups is 1. The zero-order valence-electron chi connectivity index (χ0n) is 14.6. The van der Waals surface area contributed by atoms with Crippen LogP contribution in [0.2, 0.25) is 0 Å². The van der Waals surface area contributed by atoms with Gasteiger partial charge in [0.1, 0.15) is 0 Å². The molecule has 0 aliphatic carbocycles. The molecule has 0 spiro atoms. The fraction of sp³-hybridized carbons (Fsp3) is 0.500. The number of halogens is 1. The van der Waals surface area contributed by atoms with Crippen molar-refractivity contribution >= 4 is 29.9 Å². The molecule has 1 fully saturated rings. The molecule has 134 valence electrons. The lowest BCUT2D eigenvalue weighted by Gasteiger charge is -2.34. The Morgan fingerprint density at radius 1 is 1.12 bits per heavy atom. The van der Waals surface area contributed by atoms with E-state index in [1.807, 2.05) is 6.08 Å². The fourth-order valence-corrected chi connectivity index (χ4v) is 2.73. The van der Waals surface area contributed by atoms with Crippen molar-refractivity contribution in [1.29, 1.82) is 0 Å². The highest BCUT2D eigenvalue weighted by Gasteiger charge is 2.16. The summed E-state index contributed by atoms with van der Waals surface area (Å²) in [4.78, 5) is 9.23. The molecule has 1 aromatic rings. The van der Waals surface area contributed by atoms with Gasteiger partial charge in [-0.2, -0.15) is 0 Å². The van der Waals surface area contributed by atoms with Crippen LogP contribution in [-0.2, 0) is 6.54 Å². The van der Waals surface area contributed by atoms with Gasteiger partial charge in [0, 0.05) is 59.4 Å². The summed E-state index contributed by atoms with van der Waals surface area (Å²) in [6.07, 6.45) is 1.83. The highest BCUT2D eigenvalue weighted by Crippen LogP contribution is 2.07. The summed E-state index contributed by atoms with van der Waals surface area (Å²) in [5.74, 6) is 0.840. The number of benzene rings is 1. The Balaban J connectivity index is 0.00000288. The second-order valence-corrected chi connectivity index (χ2v) is 5.77. The van der Waals surface area contributed by atoms with Crippen molar-refractivity contribution in [1.82, 2.24) is 20.4 Å². The van der Waals surface area contributed by atoms with Crippen molar-refractivity contribution in [2.75, 3.05) is 52.9 Å². The van der Waals surface area contributed by atoms with E-state index in [4.69, 9.17) is 0 Å². The van der Waals surface area contributed by atoms with Crippen LogP contribution in [0, 0.1) is 0 Å². The van der Waals surface area contributed by atoms with Crippen LogP contribution in [0.1, 0.15) is 5.56 Å². The van der Waals surface area contributed by atoms with Crippen LogP contribution >= 0.6 is 24.0 Å². The van der Waals surface area contributed by atoms with Crippen molar-refractivity contribution in [2.24, 2.45) is 4.99 Å². The fourth-order valence-electron chi connectivity index (χ4n) is 2.73. The molecule has 1 aliphatic heterocycles. The molecular weight excluding hydrogens is 413 g/mol. The first kappa shape index (κ1) is 20.9. The number of nitrogens with one attached hydrogen (secondary N) is 2. The number of piperazine rings is 1. The van der Waals surface area contributed by atoms with E-state index in [1.54, 1.807) is 7.05 Å².